The van der Waals surface area contributed by atoms with Gasteiger partial charge in [0.2, 0.25) is 0 Å². The molecule has 2 aliphatic rings. The minimum atomic E-state index is -0.199. The Kier molecular flexibility index (Phi) is 5.56. The fraction of sp³-hybridized carbons (Fsp3) is 0.611. The summed E-state index contributed by atoms with van der Waals surface area (Å²) in [5.41, 5.74) is 7.24. The van der Waals surface area contributed by atoms with Crippen LogP contribution < -0.4 is 10.6 Å². The summed E-state index contributed by atoms with van der Waals surface area (Å²) in [5.74, 6) is 0.930. The van der Waals surface area contributed by atoms with Gasteiger partial charge < -0.3 is 20.3 Å². The lowest BCUT2D eigenvalue weighted by Gasteiger charge is -2.36. The van der Waals surface area contributed by atoms with Gasteiger partial charge in [-0.3, -0.25) is 4.99 Å². The van der Waals surface area contributed by atoms with Gasteiger partial charge in [0.1, 0.15) is 5.82 Å². The van der Waals surface area contributed by atoms with Crippen LogP contribution in [0.1, 0.15) is 19.3 Å². The molecule has 1 aliphatic carbocycles. The van der Waals surface area contributed by atoms with Crippen LogP contribution in [0.25, 0.3) is 0 Å². The zero-order chi connectivity index (χ0) is 16.9. The highest BCUT2D eigenvalue weighted by Crippen LogP contribution is 2.28. The molecule has 1 aromatic rings. The predicted molar refractivity (Wildman–Crippen MR) is 94.8 cm³/mol. The lowest BCUT2D eigenvalue weighted by Crippen LogP contribution is -2.51. The Balaban J connectivity index is 1.50. The third-order valence-electron chi connectivity index (χ3n) is 5.18. The standard InChI is InChI=1S/C18H27FN4O/c1-24-17-4-2-3-14(17)13-21-18(20)23-11-9-22(10-12-23)16-7-5-15(19)6-8-16/h5-8,14,17H,2-4,9-13H2,1H3,(H2,20,21). The zero-order valence-corrected chi connectivity index (χ0v) is 14.3. The Morgan fingerprint density at radius 1 is 1.21 bits per heavy atom. The number of ether oxygens (including phenoxy) is 1. The van der Waals surface area contributed by atoms with Crippen molar-refractivity contribution in [3.8, 4) is 0 Å². The monoisotopic (exact) mass is 334 g/mol. The molecule has 3 rings (SSSR count). The molecule has 24 heavy (non-hydrogen) atoms. The number of hydrogen-bond donors (Lipinski definition) is 1. The molecule has 0 aromatic heterocycles. The van der Waals surface area contributed by atoms with E-state index in [1.54, 1.807) is 7.11 Å². The first-order valence-corrected chi connectivity index (χ1v) is 8.75. The minimum absolute atomic E-state index is 0.199. The third-order valence-corrected chi connectivity index (χ3v) is 5.18. The molecule has 0 amide bonds. The van der Waals surface area contributed by atoms with Crippen LogP contribution in [0.2, 0.25) is 0 Å². The normalized spacial score (nSPS) is 25.3. The Hall–Kier alpha value is -1.82. The number of hydrogen-bond acceptors (Lipinski definition) is 3. The number of piperazine rings is 1. The van der Waals surface area contributed by atoms with Gasteiger partial charge in [0, 0.05) is 51.4 Å². The van der Waals surface area contributed by atoms with Gasteiger partial charge in [-0.2, -0.15) is 0 Å². The van der Waals surface area contributed by atoms with Gasteiger partial charge in [-0.05, 0) is 37.1 Å². The summed E-state index contributed by atoms with van der Waals surface area (Å²) in [6.07, 6.45) is 3.85. The quantitative estimate of drug-likeness (QED) is 0.677. The molecule has 2 N–H and O–H groups in total. The molecule has 132 valence electrons. The van der Waals surface area contributed by atoms with Crippen LogP contribution in [0.5, 0.6) is 0 Å². The van der Waals surface area contributed by atoms with Gasteiger partial charge in [-0.1, -0.05) is 6.42 Å². The lowest BCUT2D eigenvalue weighted by atomic mass is 10.1. The average molecular weight is 334 g/mol. The number of guanidine groups is 1. The molecule has 1 saturated heterocycles. The molecular weight excluding hydrogens is 307 g/mol. The highest BCUT2D eigenvalue weighted by Gasteiger charge is 2.27. The van der Waals surface area contributed by atoms with E-state index in [1.807, 2.05) is 12.1 Å². The van der Waals surface area contributed by atoms with E-state index in [0.29, 0.717) is 18.0 Å². The molecule has 6 heteroatoms. The summed E-state index contributed by atoms with van der Waals surface area (Å²) in [6, 6.07) is 6.66. The largest absolute Gasteiger partial charge is 0.381 e. The molecule has 0 bridgehead atoms. The molecule has 1 aromatic carbocycles. The van der Waals surface area contributed by atoms with Gasteiger partial charge in [0.05, 0.1) is 6.10 Å². The minimum Gasteiger partial charge on any atom is -0.381 e. The van der Waals surface area contributed by atoms with Crippen LogP contribution in [-0.2, 0) is 4.74 Å². The number of anilines is 1. The fourth-order valence-electron chi connectivity index (χ4n) is 3.68. The maximum atomic E-state index is 13.0. The van der Waals surface area contributed by atoms with Crippen LogP contribution in [0.15, 0.2) is 29.3 Å². The van der Waals surface area contributed by atoms with Crippen molar-refractivity contribution in [3.05, 3.63) is 30.1 Å². The maximum Gasteiger partial charge on any atom is 0.191 e. The molecule has 1 saturated carbocycles. The number of benzene rings is 1. The van der Waals surface area contributed by atoms with Crippen molar-refractivity contribution in [3.63, 3.8) is 0 Å². The molecule has 1 aliphatic heterocycles. The fourth-order valence-corrected chi connectivity index (χ4v) is 3.68. The Bertz CT molecular complexity index is 555. The number of nitrogens with two attached hydrogens (primary N) is 1. The number of halogens is 1. The van der Waals surface area contributed by atoms with Crippen LogP contribution >= 0.6 is 0 Å². The second-order valence-electron chi connectivity index (χ2n) is 6.61. The van der Waals surface area contributed by atoms with Crippen molar-refractivity contribution in [1.82, 2.24) is 4.90 Å². The van der Waals surface area contributed by atoms with Crippen molar-refractivity contribution in [2.45, 2.75) is 25.4 Å². The second kappa shape index (κ2) is 7.83. The van der Waals surface area contributed by atoms with E-state index >= 15 is 0 Å². The molecule has 5 nitrogen and oxygen atoms in total. The number of nitrogens with zero attached hydrogens (tertiary/aromatic N) is 3. The number of rotatable bonds is 4. The Morgan fingerprint density at radius 3 is 2.58 bits per heavy atom. The highest BCUT2D eigenvalue weighted by molar-refractivity contribution is 5.78. The summed E-state index contributed by atoms with van der Waals surface area (Å²) < 4.78 is 18.5. The van der Waals surface area contributed by atoms with E-state index in [0.717, 1.165) is 44.8 Å². The summed E-state index contributed by atoms with van der Waals surface area (Å²) in [6.45, 7) is 4.16. The zero-order valence-electron chi connectivity index (χ0n) is 14.3. The van der Waals surface area contributed by atoms with Gasteiger partial charge in [0.25, 0.3) is 0 Å². The molecule has 0 radical (unpaired) electrons. The third kappa shape index (κ3) is 3.98. The van der Waals surface area contributed by atoms with Crippen molar-refractivity contribution in [2.75, 3.05) is 44.7 Å². The first-order chi connectivity index (χ1) is 11.7. The summed E-state index contributed by atoms with van der Waals surface area (Å²) >= 11 is 0. The van der Waals surface area contributed by atoms with E-state index in [1.165, 1.54) is 25.0 Å². The van der Waals surface area contributed by atoms with E-state index in [4.69, 9.17) is 10.5 Å². The van der Waals surface area contributed by atoms with Crippen molar-refractivity contribution < 1.29 is 9.13 Å². The smallest absolute Gasteiger partial charge is 0.191 e. The Morgan fingerprint density at radius 2 is 1.92 bits per heavy atom. The molecule has 0 spiro atoms. The van der Waals surface area contributed by atoms with Crippen LogP contribution in [0, 0.1) is 11.7 Å². The number of aliphatic imine (C=N–C) groups is 1. The second-order valence-corrected chi connectivity index (χ2v) is 6.61. The van der Waals surface area contributed by atoms with Crippen LogP contribution in [0.4, 0.5) is 10.1 Å². The molecule has 2 atom stereocenters. The molecule has 2 unspecified atom stereocenters. The maximum absolute atomic E-state index is 13.0. The first-order valence-electron chi connectivity index (χ1n) is 8.75. The summed E-state index contributed by atoms with van der Waals surface area (Å²) in [5, 5.41) is 0. The van der Waals surface area contributed by atoms with Crippen molar-refractivity contribution >= 4 is 11.6 Å². The van der Waals surface area contributed by atoms with Gasteiger partial charge in [-0.15, -0.1) is 0 Å². The number of methoxy groups -OCH3 is 1. The highest BCUT2D eigenvalue weighted by atomic mass is 19.1. The van der Waals surface area contributed by atoms with E-state index in [2.05, 4.69) is 14.8 Å². The van der Waals surface area contributed by atoms with Gasteiger partial charge in [0.15, 0.2) is 5.96 Å². The summed E-state index contributed by atoms with van der Waals surface area (Å²) in [4.78, 5) is 9.00. The van der Waals surface area contributed by atoms with Crippen molar-refractivity contribution in [2.24, 2.45) is 16.6 Å². The predicted octanol–water partition coefficient (Wildman–Crippen LogP) is 2.08. The van der Waals surface area contributed by atoms with Crippen molar-refractivity contribution in [1.29, 1.82) is 0 Å². The average Bonchev–Trinajstić information content (AvgIpc) is 3.08. The van der Waals surface area contributed by atoms with E-state index in [-0.39, 0.29) is 5.82 Å². The van der Waals surface area contributed by atoms with E-state index in [9.17, 15) is 4.39 Å². The molecular formula is C18H27FN4O. The van der Waals surface area contributed by atoms with E-state index < -0.39 is 0 Å². The first kappa shape index (κ1) is 17.0. The Labute approximate surface area is 143 Å². The SMILES string of the molecule is COC1CCCC1CN=C(N)N1CCN(c2ccc(F)cc2)CC1. The van der Waals surface area contributed by atoms with Crippen LogP contribution in [-0.4, -0.2) is 56.8 Å². The lowest BCUT2D eigenvalue weighted by molar-refractivity contribution is 0.0742. The summed E-state index contributed by atoms with van der Waals surface area (Å²) in [7, 11) is 1.78. The topological polar surface area (TPSA) is 54.1 Å². The van der Waals surface area contributed by atoms with Crippen LogP contribution in [0.3, 0.4) is 0 Å². The molecule has 2 fully saturated rings. The van der Waals surface area contributed by atoms with Gasteiger partial charge >= 0.3 is 0 Å². The molecule has 1 heterocycles. The van der Waals surface area contributed by atoms with Gasteiger partial charge in [-0.25, -0.2) is 4.39 Å².